The summed E-state index contributed by atoms with van der Waals surface area (Å²) in [6, 6.07) is 9.89. The molecule has 8 nitrogen and oxygen atoms in total. The predicted octanol–water partition coefficient (Wildman–Crippen LogP) is 4.85. The lowest BCUT2D eigenvalue weighted by atomic mass is 9.75. The SMILES string of the molecule is C[C@H]1CCCN(Cc2cc3c(c(C4CC4)n2)CN(c2cccc(C4(Cc5nncn5C(F)F)COC4)c2)C3=O)C1. The van der Waals surface area contributed by atoms with Gasteiger partial charge in [-0.3, -0.25) is 19.2 Å². The standard InChI is InChI=1S/C30H34F2N6O2/c1-19-4-3-9-36(13-19)14-22-11-24-25(27(34-22)20-7-8-20)15-37(28(24)39)23-6-2-5-21(10-23)30(16-40-17-30)12-26-35-33-18-38(26)29(31)32/h2,5-6,10-11,18-20,29H,3-4,7-9,12-17H2,1H3/t19-/m0/s1. The molecule has 0 bridgehead atoms. The van der Waals surface area contributed by atoms with Gasteiger partial charge in [0, 0.05) is 53.4 Å². The van der Waals surface area contributed by atoms with Gasteiger partial charge < -0.3 is 9.64 Å². The van der Waals surface area contributed by atoms with Crippen LogP contribution in [0.2, 0.25) is 0 Å². The van der Waals surface area contributed by atoms with E-state index in [9.17, 15) is 13.6 Å². The van der Waals surface area contributed by atoms with Crippen molar-refractivity contribution in [1.82, 2.24) is 24.6 Å². The molecule has 1 aliphatic carbocycles. The minimum Gasteiger partial charge on any atom is -0.379 e. The van der Waals surface area contributed by atoms with Gasteiger partial charge >= 0.3 is 6.55 Å². The van der Waals surface area contributed by atoms with Gasteiger partial charge in [0.15, 0.2) is 0 Å². The summed E-state index contributed by atoms with van der Waals surface area (Å²) in [7, 11) is 0. The second kappa shape index (κ2) is 9.99. The second-order valence-corrected chi connectivity index (χ2v) is 12.1. The lowest BCUT2D eigenvalue weighted by Crippen LogP contribution is -2.49. The Kier molecular flexibility index (Phi) is 6.42. The van der Waals surface area contributed by atoms with Crippen molar-refractivity contribution in [2.45, 2.75) is 70.0 Å². The molecule has 10 heteroatoms. The van der Waals surface area contributed by atoms with Crippen molar-refractivity contribution in [2.24, 2.45) is 5.92 Å². The van der Waals surface area contributed by atoms with Gasteiger partial charge in [-0.2, -0.15) is 8.78 Å². The number of carbonyl (C=O) groups excluding carboxylic acids is 1. The number of amides is 1. The smallest absolute Gasteiger partial charge is 0.321 e. The molecule has 0 N–H and O–H groups in total. The van der Waals surface area contributed by atoms with E-state index in [2.05, 4.69) is 22.0 Å². The first-order valence-corrected chi connectivity index (χ1v) is 14.3. The molecule has 1 saturated carbocycles. The fraction of sp³-hybridized carbons (Fsp3) is 0.533. The summed E-state index contributed by atoms with van der Waals surface area (Å²) in [5.74, 6) is 1.35. The zero-order valence-electron chi connectivity index (χ0n) is 22.7. The molecule has 7 rings (SSSR count). The number of carbonyl (C=O) groups is 1. The van der Waals surface area contributed by atoms with E-state index in [4.69, 9.17) is 9.72 Å². The van der Waals surface area contributed by atoms with Crippen molar-refractivity contribution in [3.63, 3.8) is 0 Å². The Balaban J connectivity index is 1.17. The lowest BCUT2D eigenvalue weighted by Gasteiger charge is -2.42. The average Bonchev–Trinajstić information content (AvgIpc) is 3.57. The summed E-state index contributed by atoms with van der Waals surface area (Å²) in [5.41, 5.74) is 5.17. The first-order chi connectivity index (χ1) is 19.4. The molecule has 2 saturated heterocycles. The molecule has 1 amide bonds. The van der Waals surface area contributed by atoms with Crippen LogP contribution in [0, 0.1) is 5.92 Å². The zero-order chi connectivity index (χ0) is 27.4. The summed E-state index contributed by atoms with van der Waals surface area (Å²) >= 11 is 0. The number of pyridine rings is 1. The molecule has 210 valence electrons. The highest BCUT2D eigenvalue weighted by Crippen LogP contribution is 2.45. The van der Waals surface area contributed by atoms with Crippen LogP contribution < -0.4 is 4.90 Å². The van der Waals surface area contributed by atoms with Crippen molar-refractivity contribution in [3.05, 3.63) is 70.6 Å². The maximum Gasteiger partial charge on any atom is 0.321 e. The van der Waals surface area contributed by atoms with Crippen LogP contribution in [0.4, 0.5) is 14.5 Å². The minimum absolute atomic E-state index is 0.000986. The highest BCUT2D eigenvalue weighted by Gasteiger charge is 2.43. The van der Waals surface area contributed by atoms with E-state index in [1.165, 1.54) is 12.8 Å². The molecule has 40 heavy (non-hydrogen) atoms. The Labute approximate surface area is 232 Å². The van der Waals surface area contributed by atoms with Crippen LogP contribution in [0.3, 0.4) is 0 Å². The number of halogens is 2. The highest BCUT2D eigenvalue weighted by atomic mass is 19.3. The summed E-state index contributed by atoms with van der Waals surface area (Å²) in [6.07, 6.45) is 6.07. The molecule has 1 atom stereocenters. The molecule has 0 radical (unpaired) electrons. The Hall–Kier alpha value is -3.24. The van der Waals surface area contributed by atoms with E-state index >= 15 is 0 Å². The number of benzene rings is 1. The third-order valence-electron chi connectivity index (χ3n) is 8.97. The Bertz CT molecular complexity index is 1430. The molecule has 5 heterocycles. The van der Waals surface area contributed by atoms with E-state index in [-0.39, 0.29) is 18.2 Å². The van der Waals surface area contributed by atoms with Gasteiger partial charge in [-0.25, -0.2) is 0 Å². The third kappa shape index (κ3) is 4.60. The largest absolute Gasteiger partial charge is 0.379 e. The molecule has 1 aromatic carbocycles. The summed E-state index contributed by atoms with van der Waals surface area (Å²) in [5, 5.41) is 7.66. The molecule has 0 unspecified atom stereocenters. The van der Waals surface area contributed by atoms with Crippen LogP contribution in [0.25, 0.3) is 0 Å². The van der Waals surface area contributed by atoms with E-state index < -0.39 is 12.0 Å². The van der Waals surface area contributed by atoms with E-state index in [0.717, 1.165) is 77.1 Å². The molecule has 2 aromatic heterocycles. The van der Waals surface area contributed by atoms with E-state index in [1.54, 1.807) is 0 Å². The van der Waals surface area contributed by atoms with Gasteiger partial charge in [0.25, 0.3) is 5.91 Å². The normalized spacial score (nSPS) is 22.6. The molecular weight excluding hydrogens is 514 g/mol. The van der Waals surface area contributed by atoms with Crippen molar-refractivity contribution >= 4 is 11.6 Å². The Morgan fingerprint density at radius 3 is 2.75 bits per heavy atom. The number of anilines is 1. The van der Waals surface area contributed by atoms with Crippen molar-refractivity contribution < 1.29 is 18.3 Å². The number of alkyl halides is 2. The number of rotatable bonds is 8. The molecule has 0 spiro atoms. The third-order valence-corrected chi connectivity index (χ3v) is 8.97. The van der Waals surface area contributed by atoms with Crippen molar-refractivity contribution in [3.8, 4) is 0 Å². The topological polar surface area (TPSA) is 76.4 Å². The van der Waals surface area contributed by atoms with Crippen LogP contribution in [-0.4, -0.2) is 56.9 Å². The number of aromatic nitrogens is 4. The predicted molar refractivity (Wildman–Crippen MR) is 144 cm³/mol. The molecular formula is C30H34F2N6O2. The van der Waals surface area contributed by atoms with Crippen LogP contribution in [0.15, 0.2) is 36.7 Å². The summed E-state index contributed by atoms with van der Waals surface area (Å²) in [4.78, 5) is 23.3. The number of hydrogen-bond donors (Lipinski definition) is 0. The highest BCUT2D eigenvalue weighted by molar-refractivity contribution is 6.10. The Morgan fingerprint density at radius 1 is 1.18 bits per heavy atom. The molecule has 4 aliphatic rings. The number of piperidine rings is 1. The van der Waals surface area contributed by atoms with Gasteiger partial charge in [0.2, 0.25) is 0 Å². The second-order valence-electron chi connectivity index (χ2n) is 12.1. The first-order valence-electron chi connectivity index (χ1n) is 14.3. The summed E-state index contributed by atoms with van der Waals surface area (Å²) in [6.45, 7) is 3.83. The molecule has 3 fully saturated rings. The van der Waals surface area contributed by atoms with Crippen molar-refractivity contribution in [2.75, 3.05) is 31.2 Å². The van der Waals surface area contributed by atoms with Gasteiger partial charge in [-0.05, 0) is 61.9 Å². The maximum atomic E-state index is 13.9. The van der Waals surface area contributed by atoms with Crippen molar-refractivity contribution in [1.29, 1.82) is 0 Å². The number of hydrogen-bond acceptors (Lipinski definition) is 6. The minimum atomic E-state index is -2.70. The number of fused-ring (bicyclic) bond motifs is 1. The lowest BCUT2D eigenvalue weighted by molar-refractivity contribution is -0.0623. The van der Waals surface area contributed by atoms with Crippen LogP contribution in [0.5, 0.6) is 0 Å². The van der Waals surface area contributed by atoms with Gasteiger partial charge in [0.1, 0.15) is 12.2 Å². The fourth-order valence-electron chi connectivity index (χ4n) is 6.60. The summed E-state index contributed by atoms with van der Waals surface area (Å²) < 4.78 is 33.3. The van der Waals surface area contributed by atoms with E-state index in [0.29, 0.717) is 31.6 Å². The van der Waals surface area contributed by atoms with Crippen LogP contribution in [0.1, 0.15) is 83.8 Å². The molecule has 3 aliphatic heterocycles. The number of likely N-dealkylation sites (tertiary alicyclic amines) is 1. The maximum absolute atomic E-state index is 13.9. The average molecular weight is 549 g/mol. The van der Waals surface area contributed by atoms with E-state index in [1.807, 2.05) is 35.2 Å². The van der Waals surface area contributed by atoms with Crippen LogP contribution in [-0.2, 0) is 29.7 Å². The van der Waals surface area contributed by atoms with Gasteiger partial charge in [-0.1, -0.05) is 19.1 Å². The van der Waals surface area contributed by atoms with Crippen LogP contribution >= 0.6 is 0 Å². The molecule has 3 aromatic rings. The zero-order valence-corrected chi connectivity index (χ0v) is 22.7. The fourth-order valence-corrected chi connectivity index (χ4v) is 6.60. The number of nitrogens with zero attached hydrogens (tertiary/aromatic N) is 6. The van der Waals surface area contributed by atoms with Gasteiger partial charge in [-0.15, -0.1) is 10.2 Å². The monoisotopic (exact) mass is 548 g/mol. The van der Waals surface area contributed by atoms with Gasteiger partial charge in [0.05, 0.1) is 25.5 Å². The Morgan fingerprint density at radius 2 is 2.02 bits per heavy atom. The number of ether oxygens (including phenoxy) is 1. The quantitative estimate of drug-likeness (QED) is 0.401. The first kappa shape index (κ1) is 25.7.